The second-order valence-corrected chi connectivity index (χ2v) is 2.72. The van der Waals surface area contributed by atoms with Crippen LogP contribution in [0.2, 0.25) is 5.02 Å². The SMILES string of the molecule is Nc1c(C(F)F)ncc(Cl)c1[N+](=O)[O-]. The number of alkyl halides is 2. The molecular formula is C6H4ClF2N3O2. The molecule has 0 amide bonds. The molecule has 2 N–H and O–H groups in total. The van der Waals surface area contributed by atoms with Gasteiger partial charge in [0.05, 0.1) is 11.1 Å². The maximum absolute atomic E-state index is 12.2. The van der Waals surface area contributed by atoms with Crippen molar-refractivity contribution < 1.29 is 13.7 Å². The average molecular weight is 224 g/mol. The van der Waals surface area contributed by atoms with Gasteiger partial charge in [-0.15, -0.1) is 0 Å². The minimum absolute atomic E-state index is 0.364. The maximum Gasteiger partial charge on any atom is 0.314 e. The zero-order valence-corrected chi connectivity index (χ0v) is 7.33. The van der Waals surface area contributed by atoms with Crippen LogP contribution in [0.1, 0.15) is 12.1 Å². The molecule has 0 aliphatic carbocycles. The summed E-state index contributed by atoms with van der Waals surface area (Å²) in [6.07, 6.45) is -2.19. The van der Waals surface area contributed by atoms with Gasteiger partial charge < -0.3 is 5.73 Å². The quantitative estimate of drug-likeness (QED) is 0.615. The van der Waals surface area contributed by atoms with Gasteiger partial charge in [-0.1, -0.05) is 11.6 Å². The summed E-state index contributed by atoms with van der Waals surface area (Å²) in [6.45, 7) is 0. The molecule has 8 heteroatoms. The number of anilines is 1. The Labute approximate surface area is 81.6 Å². The monoisotopic (exact) mass is 223 g/mol. The van der Waals surface area contributed by atoms with Crippen LogP contribution < -0.4 is 5.73 Å². The smallest absolute Gasteiger partial charge is 0.314 e. The summed E-state index contributed by atoms with van der Waals surface area (Å²) >= 11 is 5.37. The van der Waals surface area contributed by atoms with Crippen molar-refractivity contribution in [1.29, 1.82) is 0 Å². The minimum Gasteiger partial charge on any atom is -0.391 e. The Kier molecular flexibility index (Phi) is 2.80. The first-order valence-corrected chi connectivity index (χ1v) is 3.69. The molecule has 5 nitrogen and oxygen atoms in total. The molecule has 0 bridgehead atoms. The number of aromatic nitrogens is 1. The van der Waals surface area contributed by atoms with E-state index in [9.17, 15) is 18.9 Å². The Balaban J connectivity index is 3.41. The van der Waals surface area contributed by atoms with Gasteiger partial charge in [-0.2, -0.15) is 0 Å². The summed E-state index contributed by atoms with van der Waals surface area (Å²) in [6, 6.07) is 0. The highest BCUT2D eigenvalue weighted by atomic mass is 35.5. The number of halogens is 3. The van der Waals surface area contributed by atoms with E-state index in [0.717, 1.165) is 6.20 Å². The lowest BCUT2D eigenvalue weighted by Gasteiger charge is -2.04. The summed E-state index contributed by atoms with van der Waals surface area (Å²) in [5.74, 6) is 0. The lowest BCUT2D eigenvalue weighted by atomic mass is 10.2. The van der Waals surface area contributed by atoms with Gasteiger partial charge in [-0.3, -0.25) is 15.1 Å². The molecule has 0 radical (unpaired) electrons. The van der Waals surface area contributed by atoms with Crippen LogP contribution in [0.3, 0.4) is 0 Å². The van der Waals surface area contributed by atoms with Crippen molar-refractivity contribution in [3.05, 3.63) is 27.0 Å². The number of nitrogen functional groups attached to an aromatic ring is 1. The Hall–Kier alpha value is -1.50. The summed E-state index contributed by atoms with van der Waals surface area (Å²) in [7, 11) is 0. The Morgan fingerprint density at radius 3 is 2.64 bits per heavy atom. The highest BCUT2D eigenvalue weighted by Crippen LogP contribution is 2.35. The minimum atomic E-state index is -2.97. The predicted octanol–water partition coefficient (Wildman–Crippen LogP) is 2.16. The fourth-order valence-corrected chi connectivity index (χ4v) is 1.09. The van der Waals surface area contributed by atoms with Crippen LogP contribution in [0.25, 0.3) is 0 Å². The molecule has 0 saturated carbocycles. The first-order chi connectivity index (χ1) is 6.45. The topological polar surface area (TPSA) is 82.0 Å². The molecule has 76 valence electrons. The van der Waals surface area contributed by atoms with E-state index in [1.807, 2.05) is 0 Å². The van der Waals surface area contributed by atoms with E-state index >= 15 is 0 Å². The summed E-state index contributed by atoms with van der Waals surface area (Å²) in [5, 5.41) is 10.0. The van der Waals surface area contributed by atoms with E-state index in [0.29, 0.717) is 0 Å². The second-order valence-electron chi connectivity index (χ2n) is 2.31. The third-order valence-electron chi connectivity index (χ3n) is 1.46. The number of nitrogens with zero attached hydrogens (tertiary/aromatic N) is 2. The van der Waals surface area contributed by atoms with Gasteiger partial charge in [0, 0.05) is 0 Å². The van der Waals surface area contributed by atoms with E-state index in [2.05, 4.69) is 4.98 Å². The Morgan fingerprint density at radius 1 is 1.64 bits per heavy atom. The highest BCUT2D eigenvalue weighted by Gasteiger charge is 2.25. The standard InChI is InChI=1S/C6H4ClF2N3O2/c7-2-1-11-4(6(8)9)3(10)5(2)12(13)14/h1,6H,10H2. The molecule has 0 aliphatic heterocycles. The van der Waals surface area contributed by atoms with Crippen LogP contribution in [0.5, 0.6) is 0 Å². The Morgan fingerprint density at radius 2 is 2.21 bits per heavy atom. The van der Waals surface area contributed by atoms with Crippen molar-refractivity contribution >= 4 is 23.0 Å². The number of nitro groups is 1. The zero-order chi connectivity index (χ0) is 10.9. The van der Waals surface area contributed by atoms with E-state index in [4.69, 9.17) is 17.3 Å². The van der Waals surface area contributed by atoms with Crippen LogP contribution in [0.4, 0.5) is 20.2 Å². The van der Waals surface area contributed by atoms with Gasteiger partial charge in [0.1, 0.15) is 16.4 Å². The third-order valence-corrected chi connectivity index (χ3v) is 1.74. The van der Waals surface area contributed by atoms with Crippen molar-refractivity contribution in [2.45, 2.75) is 6.43 Å². The average Bonchev–Trinajstić information content (AvgIpc) is 2.02. The van der Waals surface area contributed by atoms with Gasteiger partial charge in [0.15, 0.2) is 0 Å². The van der Waals surface area contributed by atoms with Gasteiger partial charge in [-0.25, -0.2) is 8.78 Å². The van der Waals surface area contributed by atoms with Crippen LogP contribution >= 0.6 is 11.6 Å². The number of pyridine rings is 1. The summed E-state index contributed by atoms with van der Waals surface area (Å²) < 4.78 is 24.4. The fourth-order valence-electron chi connectivity index (χ4n) is 0.866. The largest absolute Gasteiger partial charge is 0.391 e. The summed E-state index contributed by atoms with van der Waals surface area (Å²) in [5.41, 5.74) is 2.85. The molecule has 0 atom stereocenters. The molecule has 1 aromatic rings. The molecular weight excluding hydrogens is 220 g/mol. The molecule has 1 rings (SSSR count). The molecule has 14 heavy (non-hydrogen) atoms. The third kappa shape index (κ3) is 1.72. The number of nitrogens with two attached hydrogens (primary N) is 1. The molecule has 0 aliphatic rings. The molecule has 0 unspecified atom stereocenters. The fraction of sp³-hybridized carbons (Fsp3) is 0.167. The van der Waals surface area contributed by atoms with Gasteiger partial charge >= 0.3 is 5.69 Å². The van der Waals surface area contributed by atoms with E-state index in [-0.39, 0.29) is 5.02 Å². The van der Waals surface area contributed by atoms with E-state index in [1.54, 1.807) is 0 Å². The van der Waals surface area contributed by atoms with Crippen molar-refractivity contribution in [2.24, 2.45) is 0 Å². The van der Waals surface area contributed by atoms with Gasteiger partial charge in [0.2, 0.25) is 0 Å². The number of hydrogen-bond donors (Lipinski definition) is 1. The number of rotatable bonds is 2. The predicted molar refractivity (Wildman–Crippen MR) is 45.3 cm³/mol. The molecule has 1 heterocycles. The van der Waals surface area contributed by atoms with Gasteiger partial charge in [0.25, 0.3) is 6.43 Å². The molecule has 0 saturated heterocycles. The van der Waals surface area contributed by atoms with Crippen LogP contribution in [-0.4, -0.2) is 9.91 Å². The summed E-state index contributed by atoms with van der Waals surface area (Å²) in [4.78, 5) is 12.7. The van der Waals surface area contributed by atoms with E-state index < -0.39 is 28.4 Å². The lowest BCUT2D eigenvalue weighted by molar-refractivity contribution is -0.383. The maximum atomic E-state index is 12.2. The van der Waals surface area contributed by atoms with Crippen molar-refractivity contribution in [3.63, 3.8) is 0 Å². The Bertz CT molecular complexity index is 386. The first-order valence-electron chi connectivity index (χ1n) is 3.31. The molecule has 0 spiro atoms. The molecule has 1 aromatic heterocycles. The second kappa shape index (κ2) is 3.70. The lowest BCUT2D eigenvalue weighted by Crippen LogP contribution is -2.03. The number of hydrogen-bond acceptors (Lipinski definition) is 4. The van der Waals surface area contributed by atoms with Crippen LogP contribution in [-0.2, 0) is 0 Å². The molecule has 0 aromatic carbocycles. The van der Waals surface area contributed by atoms with Gasteiger partial charge in [-0.05, 0) is 0 Å². The normalized spacial score (nSPS) is 10.6. The van der Waals surface area contributed by atoms with Crippen LogP contribution in [0.15, 0.2) is 6.20 Å². The van der Waals surface area contributed by atoms with Crippen LogP contribution in [0, 0.1) is 10.1 Å². The van der Waals surface area contributed by atoms with Crippen molar-refractivity contribution in [2.75, 3.05) is 5.73 Å². The zero-order valence-electron chi connectivity index (χ0n) is 6.58. The van der Waals surface area contributed by atoms with Crippen molar-refractivity contribution in [3.8, 4) is 0 Å². The van der Waals surface area contributed by atoms with E-state index in [1.165, 1.54) is 0 Å². The van der Waals surface area contributed by atoms with Crippen molar-refractivity contribution in [1.82, 2.24) is 4.98 Å². The molecule has 0 fully saturated rings. The first kappa shape index (κ1) is 10.6. The highest BCUT2D eigenvalue weighted by molar-refractivity contribution is 6.33.